The third kappa shape index (κ3) is 4.01. The predicted molar refractivity (Wildman–Crippen MR) is 114 cm³/mol. The number of hydrogen-bond acceptors (Lipinski definition) is 4. The molecule has 6 nitrogen and oxygen atoms in total. The second-order valence-corrected chi connectivity index (χ2v) is 6.61. The van der Waals surface area contributed by atoms with E-state index >= 15 is 0 Å². The molecule has 0 bridgehead atoms. The second kappa shape index (κ2) is 7.98. The van der Waals surface area contributed by atoms with Crippen LogP contribution in [0.15, 0.2) is 82.7 Å². The van der Waals surface area contributed by atoms with Crippen LogP contribution in [0.3, 0.4) is 0 Å². The van der Waals surface area contributed by atoms with Crippen LogP contribution in [0.25, 0.3) is 21.7 Å². The number of nitrogens with zero attached hydrogens (tertiary/aromatic N) is 1. The fourth-order valence-electron chi connectivity index (χ4n) is 3.06. The van der Waals surface area contributed by atoms with Crippen molar-refractivity contribution in [2.45, 2.75) is 13.0 Å². The van der Waals surface area contributed by atoms with Gasteiger partial charge in [-0.15, -0.1) is 0 Å². The summed E-state index contributed by atoms with van der Waals surface area (Å²) in [5.74, 6) is 0.215. The van der Waals surface area contributed by atoms with E-state index in [1.165, 1.54) is 6.21 Å². The van der Waals surface area contributed by atoms with Crippen molar-refractivity contribution in [1.82, 2.24) is 10.4 Å². The molecule has 0 spiro atoms. The van der Waals surface area contributed by atoms with Crippen LogP contribution >= 0.6 is 0 Å². The van der Waals surface area contributed by atoms with Crippen LogP contribution in [0.1, 0.15) is 12.5 Å². The number of aromatic nitrogens is 1. The summed E-state index contributed by atoms with van der Waals surface area (Å²) in [4.78, 5) is 27.2. The van der Waals surface area contributed by atoms with E-state index in [0.717, 1.165) is 21.7 Å². The highest BCUT2D eigenvalue weighted by Crippen LogP contribution is 2.26. The van der Waals surface area contributed by atoms with E-state index in [1.54, 1.807) is 13.0 Å². The second-order valence-electron chi connectivity index (χ2n) is 6.61. The Kier molecular flexibility index (Phi) is 5.07. The van der Waals surface area contributed by atoms with Crippen molar-refractivity contribution in [3.05, 3.63) is 88.7 Å². The summed E-state index contributed by atoms with van der Waals surface area (Å²) in [7, 11) is 0. The largest absolute Gasteiger partial charge is 0.480 e. The minimum Gasteiger partial charge on any atom is -0.480 e. The molecule has 0 saturated heterocycles. The molecule has 0 aliphatic heterocycles. The Hall–Kier alpha value is -3.93. The summed E-state index contributed by atoms with van der Waals surface area (Å²) < 4.78 is 5.82. The Morgan fingerprint density at radius 2 is 1.76 bits per heavy atom. The molecule has 4 rings (SSSR count). The molecule has 1 atom stereocenters. The summed E-state index contributed by atoms with van der Waals surface area (Å²) >= 11 is 0. The molecule has 29 heavy (non-hydrogen) atoms. The molecule has 0 radical (unpaired) electrons. The maximum Gasteiger partial charge on any atom is 0.280 e. The van der Waals surface area contributed by atoms with Crippen molar-refractivity contribution in [3.8, 4) is 5.75 Å². The first-order valence-electron chi connectivity index (χ1n) is 9.21. The van der Waals surface area contributed by atoms with Gasteiger partial charge in [0.2, 0.25) is 0 Å². The molecular weight excluding hydrogens is 366 g/mol. The van der Waals surface area contributed by atoms with Gasteiger partial charge in [-0.25, -0.2) is 5.43 Å². The van der Waals surface area contributed by atoms with Gasteiger partial charge >= 0.3 is 0 Å². The zero-order chi connectivity index (χ0) is 20.2. The molecule has 144 valence electrons. The Morgan fingerprint density at radius 3 is 2.62 bits per heavy atom. The molecule has 1 unspecified atom stereocenters. The number of ether oxygens (including phenoxy) is 1. The predicted octanol–water partition coefficient (Wildman–Crippen LogP) is 3.60. The zero-order valence-corrected chi connectivity index (χ0v) is 15.8. The lowest BCUT2D eigenvalue weighted by atomic mass is 10.1. The summed E-state index contributed by atoms with van der Waals surface area (Å²) in [6, 6.07) is 22.7. The first-order chi connectivity index (χ1) is 14.1. The van der Waals surface area contributed by atoms with Crippen molar-refractivity contribution < 1.29 is 9.53 Å². The Balaban J connectivity index is 1.45. The summed E-state index contributed by atoms with van der Waals surface area (Å²) in [6.45, 7) is 1.65. The number of nitrogens with one attached hydrogen (secondary N) is 2. The number of carbonyl (C=O) groups excluding carboxylic acids is 1. The molecule has 0 aliphatic rings. The summed E-state index contributed by atoms with van der Waals surface area (Å²) in [5, 5.41) is 6.76. The van der Waals surface area contributed by atoms with E-state index < -0.39 is 12.0 Å². The molecule has 1 amide bonds. The molecule has 6 heteroatoms. The highest BCUT2D eigenvalue weighted by molar-refractivity contribution is 5.90. The number of pyridine rings is 1. The molecule has 2 N–H and O–H groups in total. The van der Waals surface area contributed by atoms with Gasteiger partial charge in [0, 0.05) is 10.9 Å². The average molecular weight is 385 g/mol. The van der Waals surface area contributed by atoms with Crippen molar-refractivity contribution >= 4 is 33.8 Å². The number of hydrogen-bond donors (Lipinski definition) is 2. The van der Waals surface area contributed by atoms with E-state index in [4.69, 9.17) is 4.74 Å². The molecule has 0 aliphatic carbocycles. The van der Waals surface area contributed by atoms with Crippen LogP contribution in [0.5, 0.6) is 5.75 Å². The van der Waals surface area contributed by atoms with Crippen molar-refractivity contribution in [2.75, 3.05) is 0 Å². The standard InChI is InChI=1S/C23H19N3O3/c1-15(29-21-12-6-9-16-7-2-4-10-19(16)21)22(27)26-24-14-18-13-17-8-3-5-11-20(17)25-23(18)28/h2-15H,1H3,(H,25,28)(H,26,27)/b24-14+. The topological polar surface area (TPSA) is 83.5 Å². The van der Waals surface area contributed by atoms with Crippen LogP contribution in [0.2, 0.25) is 0 Å². The SMILES string of the molecule is CC(Oc1cccc2ccccc12)C(=O)N/N=C/c1cc2ccccc2[nH]c1=O. The molecule has 1 heterocycles. The van der Waals surface area contributed by atoms with E-state index in [0.29, 0.717) is 11.3 Å². The number of aromatic amines is 1. The van der Waals surface area contributed by atoms with Crippen LogP contribution in [-0.2, 0) is 4.79 Å². The third-order valence-corrected chi connectivity index (χ3v) is 4.58. The Morgan fingerprint density at radius 1 is 1.03 bits per heavy atom. The van der Waals surface area contributed by atoms with Gasteiger partial charge in [-0.2, -0.15) is 5.10 Å². The number of carbonyl (C=O) groups is 1. The van der Waals surface area contributed by atoms with Gasteiger partial charge in [0.15, 0.2) is 6.10 Å². The highest BCUT2D eigenvalue weighted by Gasteiger charge is 2.15. The molecule has 0 fully saturated rings. The number of para-hydroxylation sites is 1. The van der Waals surface area contributed by atoms with Crippen molar-refractivity contribution in [2.24, 2.45) is 5.10 Å². The van der Waals surface area contributed by atoms with Crippen LogP contribution in [0.4, 0.5) is 0 Å². The minimum absolute atomic E-state index is 0.276. The van der Waals surface area contributed by atoms with E-state index in [-0.39, 0.29) is 5.56 Å². The molecule has 3 aromatic carbocycles. The first kappa shape index (κ1) is 18.4. The molecule has 1 aromatic heterocycles. The molecular formula is C23H19N3O3. The number of amides is 1. The number of rotatable bonds is 5. The smallest absolute Gasteiger partial charge is 0.280 e. The van der Waals surface area contributed by atoms with Crippen LogP contribution in [-0.4, -0.2) is 23.2 Å². The van der Waals surface area contributed by atoms with E-state index in [9.17, 15) is 9.59 Å². The number of benzene rings is 3. The first-order valence-corrected chi connectivity index (χ1v) is 9.21. The van der Waals surface area contributed by atoms with Gasteiger partial charge < -0.3 is 9.72 Å². The Bertz CT molecular complexity index is 1270. The minimum atomic E-state index is -0.757. The lowest BCUT2D eigenvalue weighted by molar-refractivity contribution is -0.127. The van der Waals surface area contributed by atoms with Gasteiger partial charge in [-0.3, -0.25) is 9.59 Å². The highest BCUT2D eigenvalue weighted by atomic mass is 16.5. The fourth-order valence-corrected chi connectivity index (χ4v) is 3.06. The maximum absolute atomic E-state index is 12.3. The molecule has 4 aromatic rings. The summed E-state index contributed by atoms with van der Waals surface area (Å²) in [6.07, 6.45) is 0.571. The monoisotopic (exact) mass is 385 g/mol. The lowest BCUT2D eigenvalue weighted by Gasteiger charge is -2.14. The van der Waals surface area contributed by atoms with Crippen molar-refractivity contribution in [3.63, 3.8) is 0 Å². The fraction of sp³-hybridized carbons (Fsp3) is 0.0870. The quantitative estimate of drug-likeness (QED) is 0.407. The van der Waals surface area contributed by atoms with E-state index in [1.807, 2.05) is 66.7 Å². The van der Waals surface area contributed by atoms with E-state index in [2.05, 4.69) is 15.5 Å². The van der Waals surface area contributed by atoms with Gasteiger partial charge in [0.1, 0.15) is 5.75 Å². The number of hydrazone groups is 1. The summed E-state index contributed by atoms with van der Waals surface area (Å²) in [5.41, 5.74) is 3.25. The number of H-pyrrole nitrogens is 1. The zero-order valence-electron chi connectivity index (χ0n) is 15.8. The Labute approximate surface area is 166 Å². The maximum atomic E-state index is 12.3. The normalized spacial score (nSPS) is 12.3. The van der Waals surface area contributed by atoms with Crippen LogP contribution < -0.4 is 15.7 Å². The number of fused-ring (bicyclic) bond motifs is 2. The van der Waals surface area contributed by atoms with Gasteiger partial charge in [0.05, 0.1) is 11.8 Å². The van der Waals surface area contributed by atoms with Gasteiger partial charge in [-0.1, -0.05) is 54.6 Å². The lowest BCUT2D eigenvalue weighted by Crippen LogP contribution is -2.33. The van der Waals surface area contributed by atoms with Gasteiger partial charge in [0.25, 0.3) is 11.5 Å². The molecule has 0 saturated carbocycles. The third-order valence-electron chi connectivity index (χ3n) is 4.58. The average Bonchev–Trinajstić information content (AvgIpc) is 2.74. The van der Waals surface area contributed by atoms with Gasteiger partial charge in [-0.05, 0) is 35.9 Å². The van der Waals surface area contributed by atoms with Crippen molar-refractivity contribution in [1.29, 1.82) is 0 Å². The van der Waals surface area contributed by atoms with Crippen LogP contribution in [0, 0.1) is 0 Å².